The lowest BCUT2D eigenvalue weighted by Crippen LogP contribution is -2.10. The zero-order valence-electron chi connectivity index (χ0n) is 34.2. The van der Waals surface area contributed by atoms with Crippen LogP contribution in [-0.4, -0.2) is 4.98 Å². The molecule has 12 rings (SSSR count). The lowest BCUT2D eigenvalue weighted by Gasteiger charge is -2.27. The van der Waals surface area contributed by atoms with Crippen molar-refractivity contribution in [3.63, 3.8) is 0 Å². The van der Waals surface area contributed by atoms with Gasteiger partial charge in [-0.2, -0.15) is 0 Å². The molecule has 0 aliphatic rings. The minimum atomic E-state index is 0.605. The molecule has 0 saturated carbocycles. The highest BCUT2D eigenvalue weighted by Crippen LogP contribution is 2.46. The molecule has 63 heavy (non-hydrogen) atoms. The first kappa shape index (κ1) is 36.4. The van der Waals surface area contributed by atoms with Gasteiger partial charge in [0.15, 0.2) is 5.58 Å². The molecule has 12 aromatic rings. The van der Waals surface area contributed by atoms with Gasteiger partial charge in [-0.05, 0) is 129 Å². The number of furan rings is 1. The standard InChI is InChI=1S/C59H38N2O2/c1-5-15-39(16-6-1)42-25-28-48(29-26-42)61(50-34-46(40-17-7-2-8-18-40)33-47(35-50)41-19-9-3-10-20-41)49-30-32-55-53(38-49)57-52(36-44-23-13-14-24-51(44)58(57)62-55)45-27-31-56-54(37-45)60-59(63-56)43-21-11-4-12-22-43/h1-38H. The molecule has 0 amide bonds. The van der Waals surface area contributed by atoms with Gasteiger partial charge in [0.2, 0.25) is 5.89 Å². The van der Waals surface area contributed by atoms with Crippen LogP contribution in [0.3, 0.4) is 0 Å². The van der Waals surface area contributed by atoms with Crippen molar-refractivity contribution in [2.24, 2.45) is 0 Å². The van der Waals surface area contributed by atoms with Gasteiger partial charge >= 0.3 is 0 Å². The average Bonchev–Trinajstić information content (AvgIpc) is 3.97. The molecule has 0 spiro atoms. The van der Waals surface area contributed by atoms with Crippen LogP contribution in [0.15, 0.2) is 239 Å². The highest BCUT2D eigenvalue weighted by molar-refractivity contribution is 6.22. The summed E-state index contributed by atoms with van der Waals surface area (Å²) in [5.74, 6) is 0.605. The maximum absolute atomic E-state index is 6.89. The normalized spacial score (nSPS) is 11.5. The molecule has 4 nitrogen and oxygen atoms in total. The van der Waals surface area contributed by atoms with Crippen molar-refractivity contribution < 1.29 is 8.83 Å². The second-order valence-electron chi connectivity index (χ2n) is 15.9. The molecule has 296 valence electrons. The van der Waals surface area contributed by atoms with Crippen molar-refractivity contribution in [3.05, 3.63) is 231 Å². The molecule has 0 aliphatic heterocycles. The highest BCUT2D eigenvalue weighted by atomic mass is 16.3. The average molecular weight is 807 g/mol. The minimum absolute atomic E-state index is 0.605. The van der Waals surface area contributed by atoms with Gasteiger partial charge in [0.1, 0.15) is 16.7 Å². The van der Waals surface area contributed by atoms with Gasteiger partial charge in [-0.1, -0.05) is 152 Å². The van der Waals surface area contributed by atoms with E-state index in [0.29, 0.717) is 5.89 Å². The number of hydrogen-bond donors (Lipinski definition) is 0. The molecule has 10 aromatic carbocycles. The zero-order chi connectivity index (χ0) is 41.7. The number of oxazole rings is 1. The number of aromatic nitrogens is 1. The van der Waals surface area contributed by atoms with E-state index in [2.05, 4.69) is 199 Å². The fourth-order valence-electron chi connectivity index (χ4n) is 8.98. The van der Waals surface area contributed by atoms with Crippen LogP contribution in [0.2, 0.25) is 0 Å². The summed E-state index contributed by atoms with van der Waals surface area (Å²) in [7, 11) is 0. The number of fused-ring (bicyclic) bond motifs is 6. The van der Waals surface area contributed by atoms with Crippen LogP contribution in [0.1, 0.15) is 0 Å². The van der Waals surface area contributed by atoms with Crippen LogP contribution in [0.5, 0.6) is 0 Å². The Hall–Kier alpha value is -8.47. The van der Waals surface area contributed by atoms with Gasteiger partial charge in [-0.3, -0.25) is 0 Å². The molecule has 0 aliphatic carbocycles. The molecule has 0 N–H and O–H groups in total. The molecule has 0 unspecified atom stereocenters. The van der Waals surface area contributed by atoms with Crippen molar-refractivity contribution in [3.8, 4) is 56.0 Å². The Labute approximate surface area is 364 Å². The summed E-state index contributed by atoms with van der Waals surface area (Å²) in [5, 5.41) is 4.26. The maximum atomic E-state index is 6.89. The molecule has 2 heterocycles. The fraction of sp³-hybridized carbons (Fsp3) is 0. The third-order valence-electron chi connectivity index (χ3n) is 12.0. The largest absolute Gasteiger partial charge is 0.455 e. The zero-order valence-corrected chi connectivity index (χ0v) is 34.2. The van der Waals surface area contributed by atoms with Crippen LogP contribution in [0, 0.1) is 0 Å². The van der Waals surface area contributed by atoms with Gasteiger partial charge in [0.25, 0.3) is 0 Å². The third kappa shape index (κ3) is 6.62. The molecule has 0 bridgehead atoms. The maximum Gasteiger partial charge on any atom is 0.227 e. The Morgan fingerprint density at radius 2 is 0.873 bits per heavy atom. The highest BCUT2D eigenvalue weighted by Gasteiger charge is 2.22. The Kier molecular flexibility index (Phi) is 8.79. The Morgan fingerprint density at radius 1 is 0.333 bits per heavy atom. The molecule has 0 radical (unpaired) electrons. The van der Waals surface area contributed by atoms with E-state index in [4.69, 9.17) is 13.8 Å². The summed E-state index contributed by atoms with van der Waals surface area (Å²) in [4.78, 5) is 7.33. The van der Waals surface area contributed by atoms with Crippen molar-refractivity contribution in [1.29, 1.82) is 0 Å². The summed E-state index contributed by atoms with van der Waals surface area (Å²) in [6.45, 7) is 0. The van der Waals surface area contributed by atoms with E-state index < -0.39 is 0 Å². The van der Waals surface area contributed by atoms with E-state index in [1.807, 2.05) is 36.4 Å². The number of benzene rings is 10. The van der Waals surface area contributed by atoms with E-state index in [9.17, 15) is 0 Å². The predicted octanol–water partition coefficient (Wildman–Crippen LogP) is 16.7. The van der Waals surface area contributed by atoms with E-state index in [1.54, 1.807) is 0 Å². The monoisotopic (exact) mass is 806 g/mol. The summed E-state index contributed by atoms with van der Waals surface area (Å²) >= 11 is 0. The first-order chi connectivity index (χ1) is 31.2. The van der Waals surface area contributed by atoms with Crippen molar-refractivity contribution in [2.45, 2.75) is 0 Å². The Bertz CT molecular complexity index is 3540. The molecule has 2 aromatic heterocycles. The van der Waals surface area contributed by atoms with Gasteiger partial charge in [-0.15, -0.1) is 0 Å². The molecular formula is C59H38N2O2. The van der Waals surface area contributed by atoms with E-state index in [1.165, 1.54) is 5.56 Å². The van der Waals surface area contributed by atoms with E-state index in [0.717, 1.165) is 105 Å². The molecule has 0 saturated heterocycles. The van der Waals surface area contributed by atoms with Crippen molar-refractivity contribution >= 4 is 60.9 Å². The van der Waals surface area contributed by atoms with Crippen LogP contribution in [0.4, 0.5) is 17.1 Å². The van der Waals surface area contributed by atoms with Crippen LogP contribution >= 0.6 is 0 Å². The first-order valence-corrected chi connectivity index (χ1v) is 21.3. The second kappa shape index (κ2) is 15.2. The van der Waals surface area contributed by atoms with E-state index in [-0.39, 0.29) is 0 Å². The lowest BCUT2D eigenvalue weighted by atomic mass is 9.95. The summed E-state index contributed by atoms with van der Waals surface area (Å²) in [6, 6.07) is 81.3. The molecular weight excluding hydrogens is 769 g/mol. The number of rotatable bonds is 8. The van der Waals surface area contributed by atoms with Crippen LogP contribution < -0.4 is 4.90 Å². The fourth-order valence-corrected chi connectivity index (χ4v) is 8.98. The summed E-state index contributed by atoms with van der Waals surface area (Å²) in [6.07, 6.45) is 0. The topological polar surface area (TPSA) is 42.4 Å². The Morgan fingerprint density at radius 3 is 1.54 bits per heavy atom. The quantitative estimate of drug-likeness (QED) is 0.153. The van der Waals surface area contributed by atoms with Crippen molar-refractivity contribution in [1.82, 2.24) is 4.98 Å². The van der Waals surface area contributed by atoms with E-state index >= 15 is 0 Å². The third-order valence-corrected chi connectivity index (χ3v) is 12.0. The van der Waals surface area contributed by atoms with Crippen molar-refractivity contribution in [2.75, 3.05) is 4.90 Å². The number of nitrogens with zero attached hydrogens (tertiary/aromatic N) is 2. The minimum Gasteiger partial charge on any atom is -0.455 e. The molecule has 0 atom stereocenters. The lowest BCUT2D eigenvalue weighted by molar-refractivity contribution is 0.620. The summed E-state index contributed by atoms with van der Waals surface area (Å²) in [5.41, 5.74) is 16.3. The van der Waals surface area contributed by atoms with Gasteiger partial charge in [0.05, 0.1) is 0 Å². The smallest absolute Gasteiger partial charge is 0.227 e. The number of hydrogen-bond acceptors (Lipinski definition) is 4. The number of anilines is 3. The van der Waals surface area contributed by atoms with Crippen LogP contribution in [-0.2, 0) is 0 Å². The van der Waals surface area contributed by atoms with Gasteiger partial charge in [-0.25, -0.2) is 4.98 Å². The van der Waals surface area contributed by atoms with Gasteiger partial charge in [0, 0.05) is 38.8 Å². The first-order valence-electron chi connectivity index (χ1n) is 21.3. The molecule has 4 heteroatoms. The SMILES string of the molecule is c1ccc(-c2ccc(N(c3cc(-c4ccccc4)cc(-c4ccccc4)c3)c3ccc4oc5c6ccccc6cc(-c6ccc7oc(-c8ccccc8)nc7c6)c5c4c3)cc2)cc1. The molecule has 0 fully saturated rings. The Balaban J connectivity index is 1.08. The predicted molar refractivity (Wildman–Crippen MR) is 261 cm³/mol. The second-order valence-corrected chi connectivity index (χ2v) is 15.9. The van der Waals surface area contributed by atoms with Crippen LogP contribution in [0.25, 0.3) is 99.8 Å². The van der Waals surface area contributed by atoms with Gasteiger partial charge < -0.3 is 13.7 Å². The summed E-state index contributed by atoms with van der Waals surface area (Å²) < 4.78 is 13.1.